The summed E-state index contributed by atoms with van der Waals surface area (Å²) in [6.45, 7) is 1.92. The molecule has 1 heterocycles. The summed E-state index contributed by atoms with van der Waals surface area (Å²) in [5.74, 6) is 0.612. The van der Waals surface area contributed by atoms with E-state index in [1.807, 2.05) is 13.0 Å². The fourth-order valence-electron chi connectivity index (χ4n) is 2.29. The summed E-state index contributed by atoms with van der Waals surface area (Å²) in [4.78, 5) is 12.2. The van der Waals surface area contributed by atoms with E-state index in [-0.39, 0.29) is 5.78 Å². The average Bonchev–Trinajstić information content (AvgIpc) is 3.03. The topological polar surface area (TPSA) is 42.9 Å². The molecule has 0 aliphatic heterocycles. The van der Waals surface area contributed by atoms with Crippen molar-refractivity contribution < 1.29 is 4.79 Å². The number of thioether (sulfide) groups is 1. The molecule has 1 aromatic heterocycles. The van der Waals surface area contributed by atoms with E-state index >= 15 is 0 Å². The Kier molecular flexibility index (Phi) is 3.66. The summed E-state index contributed by atoms with van der Waals surface area (Å²) < 4.78 is 0.868. The molecule has 0 amide bonds. The van der Waals surface area contributed by atoms with Crippen LogP contribution in [0.2, 0.25) is 0 Å². The Balaban J connectivity index is 1.67. The van der Waals surface area contributed by atoms with Crippen LogP contribution in [0, 0.1) is 6.92 Å². The fraction of sp³-hybridized carbons (Fsp3) is 0.357. The van der Waals surface area contributed by atoms with Crippen LogP contribution in [0.15, 0.2) is 22.5 Å². The quantitative estimate of drug-likeness (QED) is 0.640. The predicted octanol–water partition coefficient (Wildman–Crippen LogP) is 3.31. The molecule has 0 radical (unpaired) electrons. The number of hydrogen-bond acceptors (Lipinski definition) is 5. The van der Waals surface area contributed by atoms with Gasteiger partial charge in [0.1, 0.15) is 5.01 Å². The fourth-order valence-corrected chi connectivity index (χ4v) is 4.00. The van der Waals surface area contributed by atoms with Gasteiger partial charge in [-0.2, -0.15) is 0 Å². The molecule has 0 bridgehead atoms. The number of carbonyl (C=O) groups excluding carboxylic acids is 1. The van der Waals surface area contributed by atoms with Crippen molar-refractivity contribution in [1.82, 2.24) is 10.2 Å². The number of aromatic nitrogens is 2. The molecule has 3 nitrogen and oxygen atoms in total. The predicted molar refractivity (Wildman–Crippen MR) is 78.2 cm³/mol. The lowest BCUT2D eigenvalue weighted by Crippen LogP contribution is -2.03. The van der Waals surface area contributed by atoms with Crippen LogP contribution in [0.25, 0.3) is 0 Å². The highest BCUT2D eigenvalue weighted by atomic mass is 32.2. The van der Waals surface area contributed by atoms with E-state index in [0.29, 0.717) is 5.75 Å². The Hall–Kier alpha value is -1.20. The van der Waals surface area contributed by atoms with Crippen molar-refractivity contribution in [3.05, 3.63) is 39.9 Å². The molecule has 2 aromatic rings. The highest BCUT2D eigenvalue weighted by Crippen LogP contribution is 2.25. The number of hydrogen-bond donors (Lipinski definition) is 0. The van der Waals surface area contributed by atoms with Crippen molar-refractivity contribution in [3.63, 3.8) is 0 Å². The molecular weight excluding hydrogens is 276 g/mol. The van der Waals surface area contributed by atoms with E-state index in [1.165, 1.54) is 40.6 Å². The largest absolute Gasteiger partial charge is 0.293 e. The zero-order valence-electron chi connectivity index (χ0n) is 10.7. The molecule has 1 aliphatic rings. The molecule has 19 heavy (non-hydrogen) atoms. The van der Waals surface area contributed by atoms with Crippen molar-refractivity contribution in [1.29, 1.82) is 0 Å². The van der Waals surface area contributed by atoms with Crippen molar-refractivity contribution in [2.45, 2.75) is 30.5 Å². The Morgan fingerprint density at radius 1 is 1.32 bits per heavy atom. The smallest absolute Gasteiger partial charge is 0.174 e. The number of aryl methyl sites for hydroxylation is 3. The summed E-state index contributed by atoms with van der Waals surface area (Å²) in [5.41, 5.74) is 3.58. The first-order valence-electron chi connectivity index (χ1n) is 6.30. The number of ketones is 1. The van der Waals surface area contributed by atoms with E-state index in [2.05, 4.69) is 22.3 Å². The maximum absolute atomic E-state index is 12.2. The highest BCUT2D eigenvalue weighted by molar-refractivity contribution is 8.01. The molecule has 3 rings (SSSR count). The maximum atomic E-state index is 12.2. The van der Waals surface area contributed by atoms with Gasteiger partial charge >= 0.3 is 0 Å². The van der Waals surface area contributed by atoms with Crippen molar-refractivity contribution in [2.75, 3.05) is 5.75 Å². The van der Waals surface area contributed by atoms with E-state index in [9.17, 15) is 4.79 Å². The van der Waals surface area contributed by atoms with E-state index in [4.69, 9.17) is 0 Å². The normalized spacial score (nSPS) is 13.5. The minimum atomic E-state index is 0.174. The van der Waals surface area contributed by atoms with Crippen molar-refractivity contribution >= 4 is 28.9 Å². The number of nitrogens with zero attached hydrogens (tertiary/aromatic N) is 2. The SMILES string of the molecule is Cc1nnc(SCC(=O)c2ccc3c(c2)CCC3)s1. The Morgan fingerprint density at radius 3 is 2.95 bits per heavy atom. The number of fused-ring (bicyclic) bond motifs is 1. The molecule has 0 spiro atoms. The second-order valence-corrected chi connectivity index (χ2v) is 7.04. The first-order chi connectivity index (χ1) is 9.22. The van der Waals surface area contributed by atoms with Gasteiger partial charge in [-0.25, -0.2) is 0 Å². The van der Waals surface area contributed by atoms with Crippen LogP contribution in [0.1, 0.15) is 32.9 Å². The monoisotopic (exact) mass is 290 g/mol. The van der Waals surface area contributed by atoms with Gasteiger partial charge in [0.2, 0.25) is 0 Å². The Labute approximate surface area is 120 Å². The van der Waals surface area contributed by atoms with Crippen LogP contribution >= 0.6 is 23.1 Å². The minimum Gasteiger partial charge on any atom is -0.293 e. The zero-order valence-corrected chi connectivity index (χ0v) is 12.3. The van der Waals surface area contributed by atoms with Crippen molar-refractivity contribution in [3.8, 4) is 0 Å². The minimum absolute atomic E-state index is 0.174. The summed E-state index contributed by atoms with van der Waals surface area (Å²) in [7, 11) is 0. The molecule has 1 aromatic carbocycles. The molecule has 0 saturated carbocycles. The lowest BCUT2D eigenvalue weighted by atomic mass is 10.0. The van der Waals surface area contributed by atoms with Crippen LogP contribution in [0.4, 0.5) is 0 Å². The zero-order chi connectivity index (χ0) is 13.2. The van der Waals surface area contributed by atoms with Gasteiger partial charge in [0.05, 0.1) is 5.75 Å². The molecule has 0 atom stereocenters. The lowest BCUT2D eigenvalue weighted by molar-refractivity contribution is 0.102. The standard InChI is InChI=1S/C14H14N2OS2/c1-9-15-16-14(19-9)18-8-13(17)12-6-5-10-3-2-4-11(10)7-12/h5-7H,2-4,8H2,1H3. The highest BCUT2D eigenvalue weighted by Gasteiger charge is 2.14. The number of benzene rings is 1. The second kappa shape index (κ2) is 5.43. The molecule has 0 unspecified atom stereocenters. The van der Waals surface area contributed by atoms with Crippen molar-refractivity contribution in [2.24, 2.45) is 0 Å². The number of Topliss-reactive ketones (excluding diaryl/α,β-unsaturated/α-hetero) is 1. The number of rotatable bonds is 4. The first kappa shape index (κ1) is 12.8. The van der Waals surface area contributed by atoms with Gasteiger partial charge in [-0.3, -0.25) is 4.79 Å². The van der Waals surface area contributed by atoms with Gasteiger partial charge in [-0.1, -0.05) is 35.2 Å². The summed E-state index contributed by atoms with van der Waals surface area (Å²) in [5, 5.41) is 8.91. The van der Waals surface area contributed by atoms with Gasteiger partial charge in [-0.15, -0.1) is 10.2 Å². The molecule has 1 aliphatic carbocycles. The van der Waals surface area contributed by atoms with Gasteiger partial charge in [-0.05, 0) is 43.4 Å². The van der Waals surface area contributed by atoms with Crippen LogP contribution < -0.4 is 0 Å². The van der Waals surface area contributed by atoms with E-state index in [0.717, 1.165) is 27.8 Å². The summed E-state index contributed by atoms with van der Waals surface area (Å²) >= 11 is 3.01. The third kappa shape index (κ3) is 2.87. The van der Waals surface area contributed by atoms with Crippen LogP contribution in [0.5, 0.6) is 0 Å². The van der Waals surface area contributed by atoms with Crippen LogP contribution in [-0.2, 0) is 12.8 Å². The molecule has 0 saturated heterocycles. The first-order valence-corrected chi connectivity index (χ1v) is 8.10. The lowest BCUT2D eigenvalue weighted by Gasteiger charge is -2.03. The third-order valence-electron chi connectivity index (χ3n) is 3.25. The van der Waals surface area contributed by atoms with E-state index < -0.39 is 0 Å². The van der Waals surface area contributed by atoms with Gasteiger partial charge in [0.15, 0.2) is 10.1 Å². The van der Waals surface area contributed by atoms with E-state index in [1.54, 1.807) is 0 Å². The summed E-state index contributed by atoms with van der Waals surface area (Å²) in [6.07, 6.45) is 3.48. The number of carbonyl (C=O) groups is 1. The van der Waals surface area contributed by atoms with Crippen LogP contribution in [-0.4, -0.2) is 21.7 Å². The maximum Gasteiger partial charge on any atom is 0.174 e. The molecule has 98 valence electrons. The molecule has 0 N–H and O–H groups in total. The average molecular weight is 290 g/mol. The van der Waals surface area contributed by atoms with Crippen LogP contribution in [0.3, 0.4) is 0 Å². The van der Waals surface area contributed by atoms with Gasteiger partial charge in [0.25, 0.3) is 0 Å². The summed E-state index contributed by atoms with van der Waals surface area (Å²) in [6, 6.07) is 6.13. The van der Waals surface area contributed by atoms with Gasteiger partial charge < -0.3 is 0 Å². The van der Waals surface area contributed by atoms with Gasteiger partial charge in [0, 0.05) is 5.56 Å². The second-order valence-electron chi connectivity index (χ2n) is 4.64. The molecule has 5 heteroatoms. The Morgan fingerprint density at radius 2 is 2.16 bits per heavy atom. The molecule has 0 fully saturated rings. The molecular formula is C14H14N2OS2. The third-order valence-corrected chi connectivity index (χ3v) is 5.23. The Bertz CT molecular complexity index is 622.